The van der Waals surface area contributed by atoms with Crippen molar-refractivity contribution in [2.24, 2.45) is 0 Å². The molecular formula is C16H15ClF2IN. The molecule has 0 aliphatic rings. The van der Waals surface area contributed by atoms with Gasteiger partial charge in [-0.15, -0.1) is 0 Å². The van der Waals surface area contributed by atoms with Crippen molar-refractivity contribution >= 4 is 34.2 Å². The van der Waals surface area contributed by atoms with E-state index in [4.69, 9.17) is 11.6 Å². The summed E-state index contributed by atoms with van der Waals surface area (Å²) >= 11 is 8.22. The van der Waals surface area contributed by atoms with Crippen molar-refractivity contribution in [3.63, 3.8) is 0 Å². The van der Waals surface area contributed by atoms with E-state index >= 15 is 0 Å². The molecule has 0 saturated carbocycles. The van der Waals surface area contributed by atoms with Crippen molar-refractivity contribution in [2.75, 3.05) is 6.54 Å². The first-order valence-corrected chi connectivity index (χ1v) is 8.04. The molecule has 0 aliphatic heterocycles. The predicted molar refractivity (Wildman–Crippen MR) is 90.8 cm³/mol. The number of halogens is 4. The predicted octanol–water partition coefficient (Wildman–Crippen LogP) is 5.23. The van der Waals surface area contributed by atoms with Gasteiger partial charge in [-0.3, -0.25) is 0 Å². The van der Waals surface area contributed by atoms with Crippen molar-refractivity contribution in [3.8, 4) is 0 Å². The van der Waals surface area contributed by atoms with Gasteiger partial charge < -0.3 is 5.32 Å². The van der Waals surface area contributed by atoms with Gasteiger partial charge in [0.25, 0.3) is 0 Å². The zero-order chi connectivity index (χ0) is 15.6. The van der Waals surface area contributed by atoms with Crippen molar-refractivity contribution in [2.45, 2.75) is 19.9 Å². The third kappa shape index (κ3) is 3.55. The molecule has 0 bridgehead atoms. The van der Waals surface area contributed by atoms with Gasteiger partial charge >= 0.3 is 0 Å². The Hall–Kier alpha value is -0.720. The Bertz CT molecular complexity index is 661. The first kappa shape index (κ1) is 16.6. The fraction of sp³-hybridized carbons (Fsp3) is 0.250. The number of aryl methyl sites for hydroxylation is 1. The summed E-state index contributed by atoms with van der Waals surface area (Å²) in [6.07, 6.45) is 0. The van der Waals surface area contributed by atoms with Crippen LogP contribution in [0.4, 0.5) is 8.78 Å². The summed E-state index contributed by atoms with van der Waals surface area (Å²) < 4.78 is 29.1. The maximum Gasteiger partial charge on any atom is 0.164 e. The summed E-state index contributed by atoms with van der Waals surface area (Å²) in [5.74, 6) is -1.61. The normalized spacial score (nSPS) is 12.5. The van der Waals surface area contributed by atoms with Crippen LogP contribution in [0.3, 0.4) is 0 Å². The van der Waals surface area contributed by atoms with Crippen molar-refractivity contribution in [1.82, 2.24) is 5.32 Å². The molecule has 112 valence electrons. The molecule has 21 heavy (non-hydrogen) atoms. The highest BCUT2D eigenvalue weighted by atomic mass is 127. The third-order valence-corrected chi connectivity index (χ3v) is 4.51. The van der Waals surface area contributed by atoms with Gasteiger partial charge in [-0.2, -0.15) is 0 Å². The molecule has 2 aromatic carbocycles. The summed E-state index contributed by atoms with van der Waals surface area (Å²) in [5.41, 5.74) is 1.43. The minimum atomic E-state index is -0.809. The van der Waals surface area contributed by atoms with E-state index < -0.39 is 17.7 Å². The van der Waals surface area contributed by atoms with Crippen LogP contribution in [0.1, 0.15) is 29.7 Å². The molecule has 0 fully saturated rings. The first-order chi connectivity index (χ1) is 9.95. The molecular weight excluding hydrogens is 407 g/mol. The maximum absolute atomic E-state index is 14.3. The molecule has 1 N–H and O–H groups in total. The molecule has 0 heterocycles. The molecule has 0 aliphatic carbocycles. The van der Waals surface area contributed by atoms with Gasteiger partial charge in [-0.25, -0.2) is 8.78 Å². The molecule has 1 unspecified atom stereocenters. The molecule has 5 heteroatoms. The highest BCUT2D eigenvalue weighted by molar-refractivity contribution is 14.1. The summed E-state index contributed by atoms with van der Waals surface area (Å²) in [6.45, 7) is 4.10. The summed E-state index contributed by atoms with van der Waals surface area (Å²) in [7, 11) is 0. The smallest absolute Gasteiger partial charge is 0.164 e. The van der Waals surface area contributed by atoms with E-state index in [9.17, 15) is 8.78 Å². The molecule has 0 aromatic heterocycles. The Labute approximate surface area is 141 Å². The van der Waals surface area contributed by atoms with Crippen LogP contribution in [0.2, 0.25) is 5.02 Å². The van der Waals surface area contributed by atoms with E-state index in [-0.39, 0.29) is 0 Å². The number of hydrogen-bond acceptors (Lipinski definition) is 1. The van der Waals surface area contributed by atoms with Gasteiger partial charge in [-0.05, 0) is 65.4 Å². The van der Waals surface area contributed by atoms with Gasteiger partial charge in [0, 0.05) is 14.2 Å². The lowest BCUT2D eigenvalue weighted by atomic mass is 9.97. The fourth-order valence-electron chi connectivity index (χ4n) is 2.21. The van der Waals surface area contributed by atoms with Crippen LogP contribution in [-0.2, 0) is 0 Å². The van der Waals surface area contributed by atoms with E-state index in [0.717, 1.165) is 9.13 Å². The molecule has 2 aromatic rings. The molecule has 0 spiro atoms. The van der Waals surface area contributed by atoms with Crippen molar-refractivity contribution < 1.29 is 8.78 Å². The summed E-state index contributed by atoms with van der Waals surface area (Å²) in [6, 6.07) is 8.21. The van der Waals surface area contributed by atoms with E-state index in [1.54, 1.807) is 31.2 Å². The SMILES string of the molecule is CCNC(c1cc(Cl)ccc1I)c1ccc(C)c(F)c1F. The van der Waals surface area contributed by atoms with E-state index in [0.29, 0.717) is 22.7 Å². The van der Waals surface area contributed by atoms with Gasteiger partial charge in [-0.1, -0.05) is 30.7 Å². The summed E-state index contributed by atoms with van der Waals surface area (Å²) in [5, 5.41) is 3.77. The zero-order valence-electron chi connectivity index (χ0n) is 11.7. The summed E-state index contributed by atoms with van der Waals surface area (Å²) in [4.78, 5) is 0. The lowest BCUT2D eigenvalue weighted by Crippen LogP contribution is -2.24. The highest BCUT2D eigenvalue weighted by Gasteiger charge is 2.22. The minimum absolute atomic E-state index is 0.292. The quantitative estimate of drug-likeness (QED) is 0.667. The minimum Gasteiger partial charge on any atom is -0.306 e. The number of hydrogen-bond donors (Lipinski definition) is 1. The van der Waals surface area contributed by atoms with Crippen LogP contribution in [0, 0.1) is 22.1 Å². The van der Waals surface area contributed by atoms with Crippen LogP contribution >= 0.6 is 34.2 Å². The van der Waals surface area contributed by atoms with E-state index in [2.05, 4.69) is 27.9 Å². The van der Waals surface area contributed by atoms with Crippen LogP contribution in [0.25, 0.3) is 0 Å². The lowest BCUT2D eigenvalue weighted by molar-refractivity contribution is 0.478. The Morgan fingerprint density at radius 2 is 1.86 bits per heavy atom. The second kappa shape index (κ2) is 7.03. The van der Waals surface area contributed by atoms with Gasteiger partial charge in [0.15, 0.2) is 11.6 Å². The highest BCUT2D eigenvalue weighted by Crippen LogP contribution is 2.31. The maximum atomic E-state index is 14.3. The molecule has 0 saturated heterocycles. The van der Waals surface area contributed by atoms with E-state index in [1.807, 2.05) is 13.0 Å². The molecule has 0 amide bonds. The largest absolute Gasteiger partial charge is 0.306 e. The number of benzene rings is 2. The van der Waals surface area contributed by atoms with Gasteiger partial charge in [0.05, 0.1) is 6.04 Å². The fourth-order valence-corrected chi connectivity index (χ4v) is 3.04. The zero-order valence-corrected chi connectivity index (χ0v) is 14.6. The molecule has 2 rings (SSSR count). The second-order valence-corrected chi connectivity index (χ2v) is 6.35. The van der Waals surface area contributed by atoms with Crippen molar-refractivity contribution in [3.05, 3.63) is 67.2 Å². The Balaban J connectivity index is 2.59. The van der Waals surface area contributed by atoms with Crippen LogP contribution in [0.5, 0.6) is 0 Å². The first-order valence-electron chi connectivity index (χ1n) is 6.58. The van der Waals surface area contributed by atoms with Gasteiger partial charge in [0.2, 0.25) is 0 Å². The van der Waals surface area contributed by atoms with E-state index in [1.165, 1.54) is 0 Å². The lowest BCUT2D eigenvalue weighted by Gasteiger charge is -2.21. The number of rotatable bonds is 4. The average Bonchev–Trinajstić information content (AvgIpc) is 2.46. The molecule has 0 radical (unpaired) electrons. The average molecular weight is 422 g/mol. The van der Waals surface area contributed by atoms with Gasteiger partial charge in [0.1, 0.15) is 0 Å². The second-order valence-electron chi connectivity index (χ2n) is 4.76. The topological polar surface area (TPSA) is 12.0 Å². The molecule has 1 nitrogen and oxygen atoms in total. The van der Waals surface area contributed by atoms with Crippen LogP contribution < -0.4 is 5.32 Å². The van der Waals surface area contributed by atoms with Crippen LogP contribution in [0.15, 0.2) is 30.3 Å². The monoisotopic (exact) mass is 421 g/mol. The number of nitrogens with one attached hydrogen (secondary N) is 1. The standard InChI is InChI=1S/C16H15ClF2IN/c1-3-21-16(12-8-10(17)5-7-13(12)20)11-6-4-9(2)14(18)15(11)19/h4-8,16,21H,3H2,1-2H3. The Morgan fingerprint density at radius 1 is 1.14 bits per heavy atom. The van der Waals surface area contributed by atoms with Crippen molar-refractivity contribution in [1.29, 1.82) is 0 Å². The van der Waals surface area contributed by atoms with Crippen LogP contribution in [-0.4, -0.2) is 6.54 Å². The Morgan fingerprint density at radius 3 is 2.52 bits per heavy atom. The Kier molecular flexibility index (Phi) is 5.57. The third-order valence-electron chi connectivity index (χ3n) is 3.29. The molecule has 1 atom stereocenters.